The molecular weight excluding hydrogens is 352 g/mol. The van der Waals surface area contributed by atoms with E-state index in [0.717, 1.165) is 5.56 Å². The number of hydrogen-bond acceptors (Lipinski definition) is 3. The van der Waals surface area contributed by atoms with Crippen molar-refractivity contribution in [3.8, 4) is 0 Å². The Morgan fingerprint density at radius 1 is 1.08 bits per heavy atom. The molecule has 7 heteroatoms. The second kappa shape index (κ2) is 6.14. The summed E-state index contributed by atoms with van der Waals surface area (Å²) in [7, 11) is 0. The van der Waals surface area contributed by atoms with E-state index in [-0.39, 0.29) is 18.5 Å². The lowest BCUT2D eigenvalue weighted by atomic mass is 10.2. The van der Waals surface area contributed by atoms with E-state index in [4.69, 9.17) is 11.6 Å². The van der Waals surface area contributed by atoms with Gasteiger partial charge in [-0.15, -0.1) is 0 Å². The van der Waals surface area contributed by atoms with Crippen LogP contribution < -0.4 is 4.90 Å². The number of carbonyl (C=O) groups is 2. The van der Waals surface area contributed by atoms with Gasteiger partial charge in [-0.25, -0.2) is 9.78 Å². The summed E-state index contributed by atoms with van der Waals surface area (Å²) < 4.78 is 1.78. The topological polar surface area (TPSA) is 57.9 Å². The highest BCUT2D eigenvalue weighted by Crippen LogP contribution is 2.27. The van der Waals surface area contributed by atoms with Gasteiger partial charge in [0, 0.05) is 18.1 Å². The van der Waals surface area contributed by atoms with E-state index in [2.05, 4.69) is 4.98 Å². The van der Waals surface area contributed by atoms with Crippen LogP contribution in [0.1, 0.15) is 18.2 Å². The second-order valence-corrected chi connectivity index (χ2v) is 6.87. The monoisotopic (exact) mass is 368 g/mol. The minimum atomic E-state index is -0.545. The number of amides is 3. The van der Waals surface area contributed by atoms with E-state index < -0.39 is 6.04 Å². The molecule has 1 fully saturated rings. The average Bonchev–Trinajstić information content (AvgIpc) is 3.10. The Morgan fingerprint density at radius 3 is 2.54 bits per heavy atom. The van der Waals surface area contributed by atoms with Gasteiger partial charge in [-0.05, 0) is 38.1 Å². The summed E-state index contributed by atoms with van der Waals surface area (Å²) in [5.74, 6) is -0.231. The van der Waals surface area contributed by atoms with Crippen molar-refractivity contribution in [1.29, 1.82) is 0 Å². The van der Waals surface area contributed by atoms with Gasteiger partial charge in [0.1, 0.15) is 11.7 Å². The van der Waals surface area contributed by atoms with Crippen LogP contribution in [0.5, 0.6) is 0 Å². The lowest BCUT2D eigenvalue weighted by Crippen LogP contribution is -2.33. The van der Waals surface area contributed by atoms with Crippen LogP contribution >= 0.6 is 11.6 Å². The summed E-state index contributed by atoms with van der Waals surface area (Å²) in [6.45, 7) is 3.85. The Kier molecular flexibility index (Phi) is 3.92. The van der Waals surface area contributed by atoms with E-state index >= 15 is 0 Å². The Hall–Kier alpha value is -2.86. The summed E-state index contributed by atoms with van der Waals surface area (Å²) in [4.78, 5) is 32.7. The van der Waals surface area contributed by atoms with Gasteiger partial charge >= 0.3 is 6.03 Å². The van der Waals surface area contributed by atoms with Crippen molar-refractivity contribution >= 4 is 34.9 Å². The molecule has 2 aromatic heterocycles. The van der Waals surface area contributed by atoms with Crippen molar-refractivity contribution in [2.45, 2.75) is 26.4 Å². The smallest absolute Gasteiger partial charge is 0.305 e. The Labute approximate surface area is 155 Å². The van der Waals surface area contributed by atoms with E-state index in [1.54, 1.807) is 35.9 Å². The predicted octanol–water partition coefficient (Wildman–Crippen LogP) is 3.65. The zero-order chi connectivity index (χ0) is 18.4. The summed E-state index contributed by atoms with van der Waals surface area (Å²) in [6.07, 6.45) is 3.52. The average molecular weight is 369 g/mol. The number of anilines is 1. The molecule has 0 spiro atoms. The van der Waals surface area contributed by atoms with Crippen molar-refractivity contribution in [1.82, 2.24) is 14.3 Å². The molecule has 4 rings (SSSR count). The van der Waals surface area contributed by atoms with Gasteiger partial charge in [-0.2, -0.15) is 0 Å². The molecule has 0 aliphatic carbocycles. The predicted molar refractivity (Wildman–Crippen MR) is 99.3 cm³/mol. The number of benzene rings is 1. The first-order chi connectivity index (χ1) is 12.4. The molecular formula is C19H17ClN4O2. The van der Waals surface area contributed by atoms with Crippen LogP contribution in [0.25, 0.3) is 5.65 Å². The fourth-order valence-electron chi connectivity index (χ4n) is 3.17. The van der Waals surface area contributed by atoms with Crippen LogP contribution in [0.3, 0.4) is 0 Å². The molecule has 0 radical (unpaired) electrons. The number of carbonyl (C=O) groups excluding carboxylic acids is 2. The highest BCUT2D eigenvalue weighted by molar-refractivity contribution is 6.30. The van der Waals surface area contributed by atoms with Gasteiger partial charge in [0.2, 0.25) is 0 Å². The molecule has 26 heavy (non-hydrogen) atoms. The zero-order valence-corrected chi connectivity index (χ0v) is 15.1. The van der Waals surface area contributed by atoms with Gasteiger partial charge < -0.3 is 4.40 Å². The number of rotatable bonds is 3. The highest BCUT2D eigenvalue weighted by atomic mass is 35.5. The molecule has 0 N–H and O–H groups in total. The number of aryl methyl sites for hydroxylation is 1. The first kappa shape index (κ1) is 16.6. The SMILES string of the molecule is Cc1ccc(N2C(=O)N(Cc3cn4cc(Cl)ccc4n3)C(=O)[C@@H]2C)cc1. The molecule has 1 aliphatic rings. The third-order valence-electron chi connectivity index (χ3n) is 4.54. The fourth-order valence-corrected chi connectivity index (χ4v) is 3.33. The number of hydrogen-bond donors (Lipinski definition) is 0. The van der Waals surface area contributed by atoms with Crippen LogP contribution in [-0.2, 0) is 11.3 Å². The molecule has 1 aliphatic heterocycles. The molecule has 3 heterocycles. The molecule has 1 aromatic carbocycles. The number of imidazole rings is 1. The second-order valence-electron chi connectivity index (χ2n) is 6.43. The summed E-state index contributed by atoms with van der Waals surface area (Å²) in [6, 6.07) is 10.2. The molecule has 0 unspecified atom stereocenters. The number of urea groups is 1. The molecule has 132 valence electrons. The van der Waals surface area contributed by atoms with Crippen molar-refractivity contribution in [2.75, 3.05) is 4.90 Å². The molecule has 1 saturated heterocycles. The molecule has 1 atom stereocenters. The number of nitrogens with zero attached hydrogens (tertiary/aromatic N) is 4. The standard InChI is InChI=1S/C19H17ClN4O2/c1-12-3-6-16(7-4-12)24-13(2)18(25)23(19(24)26)11-15-10-22-9-14(20)5-8-17(22)21-15/h3-10,13H,11H2,1-2H3/t13-/m0/s1. The van der Waals surface area contributed by atoms with Gasteiger partial charge in [0.15, 0.2) is 0 Å². The van der Waals surface area contributed by atoms with Crippen molar-refractivity contribution < 1.29 is 9.59 Å². The zero-order valence-electron chi connectivity index (χ0n) is 14.4. The van der Waals surface area contributed by atoms with Gasteiger partial charge in [0.05, 0.1) is 17.3 Å². The first-order valence-corrected chi connectivity index (χ1v) is 8.66. The number of fused-ring (bicyclic) bond motifs is 1. The summed E-state index contributed by atoms with van der Waals surface area (Å²) in [5.41, 5.74) is 3.16. The number of aromatic nitrogens is 2. The van der Waals surface area contributed by atoms with Crippen molar-refractivity contribution in [3.05, 3.63) is 65.1 Å². The Balaban J connectivity index is 1.62. The van der Waals surface area contributed by atoms with Crippen LogP contribution in [0.15, 0.2) is 48.8 Å². The third-order valence-corrected chi connectivity index (χ3v) is 4.77. The minimum absolute atomic E-state index is 0.129. The highest BCUT2D eigenvalue weighted by Gasteiger charge is 2.43. The quantitative estimate of drug-likeness (QED) is 0.663. The number of halogens is 1. The van der Waals surface area contributed by atoms with E-state index in [1.807, 2.05) is 31.2 Å². The van der Waals surface area contributed by atoms with Gasteiger partial charge in [-0.1, -0.05) is 29.3 Å². The Morgan fingerprint density at radius 2 is 1.81 bits per heavy atom. The summed E-state index contributed by atoms with van der Waals surface area (Å²) >= 11 is 5.99. The number of imide groups is 1. The first-order valence-electron chi connectivity index (χ1n) is 8.28. The van der Waals surface area contributed by atoms with E-state index in [0.29, 0.717) is 22.1 Å². The maximum absolute atomic E-state index is 12.9. The molecule has 6 nitrogen and oxygen atoms in total. The molecule has 0 saturated carbocycles. The number of pyridine rings is 1. The van der Waals surface area contributed by atoms with Crippen LogP contribution in [0, 0.1) is 6.92 Å². The maximum Gasteiger partial charge on any atom is 0.332 e. The molecule has 0 bridgehead atoms. The van der Waals surface area contributed by atoms with Crippen molar-refractivity contribution in [3.63, 3.8) is 0 Å². The third kappa shape index (κ3) is 2.72. The minimum Gasteiger partial charge on any atom is -0.305 e. The lowest BCUT2D eigenvalue weighted by Gasteiger charge is -2.19. The Bertz CT molecular complexity index is 1010. The van der Waals surface area contributed by atoms with E-state index in [1.165, 1.54) is 9.80 Å². The van der Waals surface area contributed by atoms with Crippen LogP contribution in [0.4, 0.5) is 10.5 Å². The normalized spacial score (nSPS) is 17.6. The van der Waals surface area contributed by atoms with E-state index in [9.17, 15) is 9.59 Å². The largest absolute Gasteiger partial charge is 0.332 e. The fraction of sp³-hybridized carbons (Fsp3) is 0.211. The van der Waals surface area contributed by atoms with Crippen LogP contribution in [0.2, 0.25) is 5.02 Å². The van der Waals surface area contributed by atoms with Gasteiger partial charge in [-0.3, -0.25) is 14.6 Å². The summed E-state index contributed by atoms with van der Waals surface area (Å²) in [5, 5.41) is 0.592. The van der Waals surface area contributed by atoms with Crippen molar-refractivity contribution in [2.24, 2.45) is 0 Å². The molecule has 3 aromatic rings. The van der Waals surface area contributed by atoms with Crippen LogP contribution in [-0.4, -0.2) is 32.3 Å². The maximum atomic E-state index is 12.9. The lowest BCUT2D eigenvalue weighted by molar-refractivity contribution is -0.127. The molecule has 3 amide bonds. The van der Waals surface area contributed by atoms with Gasteiger partial charge in [0.25, 0.3) is 5.91 Å².